The molecular formula is C9H14O2. The summed E-state index contributed by atoms with van der Waals surface area (Å²) in [6, 6.07) is 0. The largest absolute Gasteiger partial charge is 0.381 e. The van der Waals surface area contributed by atoms with Gasteiger partial charge < -0.3 is 5.11 Å². The molecule has 1 aliphatic carbocycles. The molecule has 0 aromatic rings. The standard InChI is InChI=1S/C9H14O2/c1-2-4-7-5-3-6-8(10)9(7)11/h5,9,11H,2-4,6H2,1H3/t9-/m0/s1. The highest BCUT2D eigenvalue weighted by Gasteiger charge is 2.21. The molecule has 1 rings (SSSR count). The van der Waals surface area contributed by atoms with Crippen LogP contribution in [0.4, 0.5) is 0 Å². The summed E-state index contributed by atoms with van der Waals surface area (Å²) in [7, 11) is 0. The van der Waals surface area contributed by atoms with E-state index in [1.165, 1.54) is 0 Å². The number of carbonyl (C=O) groups excluding carboxylic acids is 1. The van der Waals surface area contributed by atoms with Crippen molar-refractivity contribution in [2.75, 3.05) is 0 Å². The normalized spacial score (nSPS) is 25.1. The second kappa shape index (κ2) is 3.67. The molecule has 0 radical (unpaired) electrons. The monoisotopic (exact) mass is 154 g/mol. The number of carbonyl (C=O) groups is 1. The number of hydrogen-bond acceptors (Lipinski definition) is 2. The van der Waals surface area contributed by atoms with E-state index in [0.29, 0.717) is 6.42 Å². The van der Waals surface area contributed by atoms with Gasteiger partial charge in [0.2, 0.25) is 0 Å². The summed E-state index contributed by atoms with van der Waals surface area (Å²) in [5, 5.41) is 9.35. The van der Waals surface area contributed by atoms with Gasteiger partial charge in [-0.25, -0.2) is 0 Å². The van der Waals surface area contributed by atoms with Gasteiger partial charge in [-0.1, -0.05) is 19.4 Å². The maximum absolute atomic E-state index is 11.0. The lowest BCUT2D eigenvalue weighted by atomic mass is 9.92. The predicted molar refractivity (Wildman–Crippen MR) is 43.2 cm³/mol. The molecule has 0 saturated carbocycles. The maximum atomic E-state index is 11.0. The van der Waals surface area contributed by atoms with Gasteiger partial charge >= 0.3 is 0 Å². The molecule has 0 bridgehead atoms. The minimum absolute atomic E-state index is 0.0176. The van der Waals surface area contributed by atoms with E-state index in [1.54, 1.807) is 0 Å². The van der Waals surface area contributed by atoms with Crippen LogP contribution in [-0.2, 0) is 4.79 Å². The number of allylic oxidation sites excluding steroid dienone is 1. The van der Waals surface area contributed by atoms with E-state index >= 15 is 0 Å². The van der Waals surface area contributed by atoms with E-state index in [-0.39, 0.29) is 5.78 Å². The van der Waals surface area contributed by atoms with Crippen molar-refractivity contribution in [3.05, 3.63) is 11.6 Å². The Morgan fingerprint density at radius 1 is 1.73 bits per heavy atom. The van der Waals surface area contributed by atoms with Crippen molar-refractivity contribution in [1.29, 1.82) is 0 Å². The van der Waals surface area contributed by atoms with Crippen LogP contribution >= 0.6 is 0 Å². The fraction of sp³-hybridized carbons (Fsp3) is 0.667. The van der Waals surface area contributed by atoms with Gasteiger partial charge in [-0.3, -0.25) is 4.79 Å². The number of hydrogen-bond donors (Lipinski definition) is 1. The molecular weight excluding hydrogens is 140 g/mol. The molecule has 2 nitrogen and oxygen atoms in total. The minimum Gasteiger partial charge on any atom is -0.381 e. The third-order valence-electron chi connectivity index (χ3n) is 1.99. The third-order valence-corrected chi connectivity index (χ3v) is 1.99. The summed E-state index contributed by atoms with van der Waals surface area (Å²) in [6.07, 6.45) is 4.38. The SMILES string of the molecule is CCCC1=CCCC(=O)[C@H]1O. The summed E-state index contributed by atoms with van der Waals surface area (Å²) >= 11 is 0. The van der Waals surface area contributed by atoms with Crippen molar-refractivity contribution < 1.29 is 9.90 Å². The minimum atomic E-state index is -0.788. The first kappa shape index (κ1) is 8.47. The first-order chi connectivity index (χ1) is 5.25. The van der Waals surface area contributed by atoms with E-state index in [1.807, 2.05) is 13.0 Å². The molecule has 1 atom stereocenters. The van der Waals surface area contributed by atoms with Crippen molar-refractivity contribution in [2.24, 2.45) is 0 Å². The van der Waals surface area contributed by atoms with Crippen molar-refractivity contribution in [1.82, 2.24) is 0 Å². The number of Topliss-reactive ketones (excluding diaryl/α,β-unsaturated/α-hetero) is 1. The summed E-state index contributed by atoms with van der Waals surface area (Å²) < 4.78 is 0. The molecule has 0 aliphatic heterocycles. The Morgan fingerprint density at radius 3 is 3.09 bits per heavy atom. The average molecular weight is 154 g/mol. The molecule has 62 valence electrons. The van der Waals surface area contributed by atoms with E-state index in [4.69, 9.17) is 0 Å². The Balaban J connectivity index is 2.62. The van der Waals surface area contributed by atoms with Gasteiger partial charge in [0.15, 0.2) is 5.78 Å². The van der Waals surface area contributed by atoms with Crippen molar-refractivity contribution in [2.45, 2.75) is 38.7 Å². The van der Waals surface area contributed by atoms with Crippen LogP contribution in [0, 0.1) is 0 Å². The first-order valence-electron chi connectivity index (χ1n) is 4.15. The Bertz CT molecular complexity index is 182. The van der Waals surface area contributed by atoms with Gasteiger partial charge in [-0.15, -0.1) is 0 Å². The molecule has 0 amide bonds. The highest BCUT2D eigenvalue weighted by Crippen LogP contribution is 2.19. The second-order valence-electron chi connectivity index (χ2n) is 2.94. The van der Waals surface area contributed by atoms with Crippen LogP contribution in [0.1, 0.15) is 32.6 Å². The van der Waals surface area contributed by atoms with Crippen LogP contribution in [0.15, 0.2) is 11.6 Å². The smallest absolute Gasteiger partial charge is 0.165 e. The Morgan fingerprint density at radius 2 is 2.45 bits per heavy atom. The van der Waals surface area contributed by atoms with Crippen LogP contribution < -0.4 is 0 Å². The summed E-state index contributed by atoms with van der Waals surface area (Å²) in [4.78, 5) is 11.0. The van der Waals surface area contributed by atoms with E-state index in [9.17, 15) is 9.90 Å². The van der Waals surface area contributed by atoms with Crippen LogP contribution in [0.25, 0.3) is 0 Å². The molecule has 0 saturated heterocycles. The Hall–Kier alpha value is -0.630. The lowest BCUT2D eigenvalue weighted by Crippen LogP contribution is -2.25. The van der Waals surface area contributed by atoms with Crippen molar-refractivity contribution >= 4 is 5.78 Å². The molecule has 0 aromatic heterocycles. The van der Waals surface area contributed by atoms with Gasteiger partial charge in [-0.2, -0.15) is 0 Å². The van der Waals surface area contributed by atoms with E-state index < -0.39 is 6.10 Å². The predicted octanol–water partition coefficient (Wildman–Crippen LogP) is 1.44. The van der Waals surface area contributed by atoms with Gasteiger partial charge in [0, 0.05) is 6.42 Å². The maximum Gasteiger partial charge on any atom is 0.165 e. The zero-order valence-electron chi connectivity index (χ0n) is 6.84. The number of aliphatic hydroxyl groups excluding tert-OH is 1. The fourth-order valence-electron chi connectivity index (χ4n) is 1.38. The van der Waals surface area contributed by atoms with Crippen LogP contribution in [0.2, 0.25) is 0 Å². The summed E-state index contributed by atoms with van der Waals surface area (Å²) in [5.74, 6) is -0.0176. The highest BCUT2D eigenvalue weighted by molar-refractivity contribution is 5.86. The zero-order valence-corrected chi connectivity index (χ0v) is 6.84. The van der Waals surface area contributed by atoms with Crippen molar-refractivity contribution in [3.8, 4) is 0 Å². The molecule has 0 unspecified atom stereocenters. The highest BCUT2D eigenvalue weighted by atomic mass is 16.3. The quantitative estimate of drug-likeness (QED) is 0.611. The Kier molecular flexibility index (Phi) is 2.83. The molecule has 2 heteroatoms. The second-order valence-corrected chi connectivity index (χ2v) is 2.94. The van der Waals surface area contributed by atoms with Crippen molar-refractivity contribution in [3.63, 3.8) is 0 Å². The molecule has 0 heterocycles. The zero-order chi connectivity index (χ0) is 8.27. The van der Waals surface area contributed by atoms with Gasteiger partial charge in [0.1, 0.15) is 6.10 Å². The van der Waals surface area contributed by atoms with Gasteiger partial charge in [-0.05, 0) is 18.4 Å². The molecule has 0 aromatic carbocycles. The van der Waals surface area contributed by atoms with E-state index in [0.717, 1.165) is 24.8 Å². The van der Waals surface area contributed by atoms with Gasteiger partial charge in [0.25, 0.3) is 0 Å². The Labute approximate surface area is 66.9 Å². The first-order valence-corrected chi connectivity index (χ1v) is 4.15. The summed E-state index contributed by atoms with van der Waals surface area (Å²) in [5.41, 5.74) is 0.920. The number of aliphatic hydroxyl groups is 1. The van der Waals surface area contributed by atoms with Crippen LogP contribution in [-0.4, -0.2) is 17.0 Å². The average Bonchev–Trinajstić information content (AvgIpc) is 1.99. The van der Waals surface area contributed by atoms with E-state index in [2.05, 4.69) is 0 Å². The number of rotatable bonds is 2. The van der Waals surface area contributed by atoms with Crippen LogP contribution in [0.5, 0.6) is 0 Å². The fourth-order valence-corrected chi connectivity index (χ4v) is 1.38. The molecule has 11 heavy (non-hydrogen) atoms. The van der Waals surface area contributed by atoms with Crippen LogP contribution in [0.3, 0.4) is 0 Å². The molecule has 0 spiro atoms. The lowest BCUT2D eigenvalue weighted by molar-refractivity contribution is -0.125. The molecule has 0 fully saturated rings. The topological polar surface area (TPSA) is 37.3 Å². The molecule has 1 N–H and O–H groups in total. The molecule has 1 aliphatic rings. The third kappa shape index (κ3) is 1.90. The summed E-state index contributed by atoms with van der Waals surface area (Å²) in [6.45, 7) is 2.05. The van der Waals surface area contributed by atoms with Gasteiger partial charge in [0.05, 0.1) is 0 Å². The number of ketones is 1. The lowest BCUT2D eigenvalue weighted by Gasteiger charge is -2.17.